The summed E-state index contributed by atoms with van der Waals surface area (Å²) in [5.41, 5.74) is 1.40. The van der Waals surface area contributed by atoms with Crippen molar-refractivity contribution in [3.05, 3.63) is 29.8 Å². The molecule has 0 radical (unpaired) electrons. The zero-order valence-corrected chi connectivity index (χ0v) is 12.4. The predicted molar refractivity (Wildman–Crippen MR) is 79.8 cm³/mol. The number of nitrogens with zero attached hydrogens (tertiary/aromatic N) is 1. The molecule has 1 aromatic carbocycles. The first-order valence-electron chi connectivity index (χ1n) is 7.27. The molecule has 1 N–H and O–H groups in total. The van der Waals surface area contributed by atoms with Crippen molar-refractivity contribution in [3.63, 3.8) is 0 Å². The van der Waals surface area contributed by atoms with Crippen molar-refractivity contribution in [2.24, 2.45) is 0 Å². The van der Waals surface area contributed by atoms with Gasteiger partial charge in [0.25, 0.3) is 0 Å². The maximum atomic E-state index is 5.19. The van der Waals surface area contributed by atoms with Crippen LogP contribution >= 0.6 is 0 Å². The van der Waals surface area contributed by atoms with E-state index in [1.54, 1.807) is 7.11 Å². The highest BCUT2D eigenvalue weighted by Gasteiger charge is 2.24. The molecular weight excluding hydrogens is 236 g/mol. The number of hydrogen-bond acceptors (Lipinski definition) is 3. The molecule has 0 amide bonds. The van der Waals surface area contributed by atoms with Gasteiger partial charge in [-0.25, -0.2) is 0 Å². The van der Waals surface area contributed by atoms with Gasteiger partial charge in [-0.15, -0.1) is 0 Å². The second-order valence-electron chi connectivity index (χ2n) is 5.50. The number of aryl methyl sites for hydroxylation is 1. The van der Waals surface area contributed by atoms with Gasteiger partial charge in [-0.05, 0) is 50.9 Å². The van der Waals surface area contributed by atoms with E-state index < -0.39 is 0 Å². The number of likely N-dealkylation sites (tertiary alicyclic amines) is 1. The molecule has 1 heterocycles. The molecule has 0 spiro atoms. The number of likely N-dealkylation sites (N-methyl/N-ethyl adjacent to an activating group) is 1. The molecule has 0 bridgehead atoms. The fourth-order valence-corrected chi connectivity index (χ4v) is 2.77. The number of benzene rings is 1. The summed E-state index contributed by atoms with van der Waals surface area (Å²) in [6.45, 7) is 4.77. The number of ether oxygens (including phenoxy) is 1. The van der Waals surface area contributed by atoms with Gasteiger partial charge in [0.1, 0.15) is 5.75 Å². The first-order chi connectivity index (χ1) is 9.22. The van der Waals surface area contributed by atoms with Crippen LogP contribution in [-0.4, -0.2) is 44.2 Å². The topological polar surface area (TPSA) is 24.5 Å². The third-order valence-electron chi connectivity index (χ3n) is 4.26. The lowest BCUT2D eigenvalue weighted by atomic mass is 10.1. The Bertz CT molecular complexity index is 377. The van der Waals surface area contributed by atoms with Crippen molar-refractivity contribution < 1.29 is 4.74 Å². The van der Waals surface area contributed by atoms with Crippen molar-refractivity contribution in [2.45, 2.75) is 38.3 Å². The Hall–Kier alpha value is -1.06. The number of hydrogen-bond donors (Lipinski definition) is 1. The van der Waals surface area contributed by atoms with Gasteiger partial charge in [0.15, 0.2) is 0 Å². The molecule has 1 fully saturated rings. The van der Waals surface area contributed by atoms with E-state index in [1.807, 2.05) is 12.1 Å². The van der Waals surface area contributed by atoms with Gasteiger partial charge in [-0.2, -0.15) is 0 Å². The van der Waals surface area contributed by atoms with Crippen molar-refractivity contribution in [1.82, 2.24) is 10.2 Å². The van der Waals surface area contributed by atoms with Crippen LogP contribution in [0.15, 0.2) is 24.3 Å². The number of nitrogens with one attached hydrogen (secondary N) is 1. The van der Waals surface area contributed by atoms with Gasteiger partial charge in [-0.3, -0.25) is 4.90 Å². The van der Waals surface area contributed by atoms with E-state index in [9.17, 15) is 0 Å². The lowest BCUT2D eigenvalue weighted by Crippen LogP contribution is -2.35. The Labute approximate surface area is 116 Å². The van der Waals surface area contributed by atoms with Crippen LogP contribution in [0.3, 0.4) is 0 Å². The summed E-state index contributed by atoms with van der Waals surface area (Å²) in [5, 5.41) is 3.38. The molecule has 2 unspecified atom stereocenters. The molecule has 1 aliphatic rings. The highest BCUT2D eigenvalue weighted by molar-refractivity contribution is 5.27. The molecule has 2 atom stereocenters. The first-order valence-corrected chi connectivity index (χ1v) is 7.27. The van der Waals surface area contributed by atoms with Crippen molar-refractivity contribution in [1.29, 1.82) is 0 Å². The maximum Gasteiger partial charge on any atom is 0.118 e. The molecule has 3 heteroatoms. The van der Waals surface area contributed by atoms with Gasteiger partial charge in [0.05, 0.1) is 7.11 Å². The molecule has 1 aromatic rings. The zero-order chi connectivity index (χ0) is 13.7. The van der Waals surface area contributed by atoms with Crippen LogP contribution < -0.4 is 10.1 Å². The summed E-state index contributed by atoms with van der Waals surface area (Å²) in [5.74, 6) is 0.938. The lowest BCUT2D eigenvalue weighted by Gasteiger charge is -2.24. The summed E-state index contributed by atoms with van der Waals surface area (Å²) in [6, 6.07) is 9.79. The van der Waals surface area contributed by atoms with E-state index in [0.29, 0.717) is 12.1 Å². The van der Waals surface area contributed by atoms with Crippen LogP contribution in [0.25, 0.3) is 0 Å². The van der Waals surface area contributed by atoms with Crippen LogP contribution in [0.5, 0.6) is 5.75 Å². The lowest BCUT2D eigenvalue weighted by molar-refractivity contribution is 0.242. The second-order valence-corrected chi connectivity index (χ2v) is 5.50. The van der Waals surface area contributed by atoms with Gasteiger partial charge in [-0.1, -0.05) is 12.1 Å². The van der Waals surface area contributed by atoms with E-state index in [1.165, 1.54) is 31.5 Å². The Balaban J connectivity index is 1.78. The average molecular weight is 262 g/mol. The molecule has 0 aromatic heterocycles. The van der Waals surface area contributed by atoms with Gasteiger partial charge >= 0.3 is 0 Å². The van der Waals surface area contributed by atoms with Crippen molar-refractivity contribution in [2.75, 3.05) is 27.2 Å². The Morgan fingerprint density at radius 3 is 2.68 bits per heavy atom. The second kappa shape index (κ2) is 6.92. The Morgan fingerprint density at radius 1 is 1.37 bits per heavy atom. The van der Waals surface area contributed by atoms with Gasteiger partial charge < -0.3 is 10.1 Å². The molecule has 1 saturated heterocycles. The quantitative estimate of drug-likeness (QED) is 0.851. The highest BCUT2D eigenvalue weighted by atomic mass is 16.5. The standard InChI is InChI=1S/C16H26N2O/c1-13(18-11-10-15(12-18)17-2)4-5-14-6-8-16(19-3)9-7-14/h6-9,13,15,17H,4-5,10-12H2,1-3H3. The van der Waals surface area contributed by atoms with Crippen LogP contribution in [-0.2, 0) is 6.42 Å². The fraction of sp³-hybridized carbons (Fsp3) is 0.625. The van der Waals surface area contributed by atoms with Crippen LogP contribution in [0, 0.1) is 0 Å². The van der Waals surface area contributed by atoms with E-state index in [-0.39, 0.29) is 0 Å². The predicted octanol–water partition coefficient (Wildman–Crippen LogP) is 2.31. The molecule has 0 saturated carbocycles. The third kappa shape index (κ3) is 3.95. The van der Waals surface area contributed by atoms with Gasteiger partial charge in [0, 0.05) is 25.2 Å². The minimum Gasteiger partial charge on any atom is -0.497 e. The fourth-order valence-electron chi connectivity index (χ4n) is 2.77. The molecule has 2 rings (SSSR count). The molecule has 0 aliphatic carbocycles. The number of rotatable bonds is 6. The van der Waals surface area contributed by atoms with E-state index in [2.05, 4.69) is 36.3 Å². The van der Waals surface area contributed by atoms with Crippen molar-refractivity contribution >= 4 is 0 Å². The summed E-state index contributed by atoms with van der Waals surface area (Å²) in [6.07, 6.45) is 3.65. The van der Waals surface area contributed by atoms with E-state index >= 15 is 0 Å². The molecule has 3 nitrogen and oxygen atoms in total. The van der Waals surface area contributed by atoms with Crippen molar-refractivity contribution in [3.8, 4) is 5.75 Å². The van der Waals surface area contributed by atoms with Crippen LogP contribution in [0.2, 0.25) is 0 Å². The van der Waals surface area contributed by atoms with E-state index in [4.69, 9.17) is 4.74 Å². The van der Waals surface area contributed by atoms with Crippen LogP contribution in [0.4, 0.5) is 0 Å². The van der Waals surface area contributed by atoms with Crippen LogP contribution in [0.1, 0.15) is 25.3 Å². The van der Waals surface area contributed by atoms with Gasteiger partial charge in [0.2, 0.25) is 0 Å². The molecular formula is C16H26N2O. The smallest absolute Gasteiger partial charge is 0.118 e. The highest BCUT2D eigenvalue weighted by Crippen LogP contribution is 2.18. The maximum absolute atomic E-state index is 5.19. The molecule has 1 aliphatic heterocycles. The van der Waals surface area contributed by atoms with E-state index in [0.717, 1.165) is 12.2 Å². The summed E-state index contributed by atoms with van der Waals surface area (Å²) >= 11 is 0. The minimum atomic E-state index is 0.667. The first kappa shape index (κ1) is 14.4. The summed E-state index contributed by atoms with van der Waals surface area (Å²) in [7, 11) is 3.78. The average Bonchev–Trinajstić information content (AvgIpc) is 2.94. The Kier molecular flexibility index (Phi) is 5.23. The SMILES string of the molecule is CNC1CCN(C(C)CCc2ccc(OC)cc2)C1. The minimum absolute atomic E-state index is 0.667. The Morgan fingerprint density at radius 2 is 2.11 bits per heavy atom. The molecule has 106 valence electrons. The number of methoxy groups -OCH3 is 1. The third-order valence-corrected chi connectivity index (χ3v) is 4.26. The zero-order valence-electron chi connectivity index (χ0n) is 12.4. The monoisotopic (exact) mass is 262 g/mol. The summed E-state index contributed by atoms with van der Waals surface area (Å²) < 4.78 is 5.19. The normalized spacial score (nSPS) is 21.5. The summed E-state index contributed by atoms with van der Waals surface area (Å²) in [4.78, 5) is 2.60. The molecule has 19 heavy (non-hydrogen) atoms. The largest absolute Gasteiger partial charge is 0.497 e.